The Kier molecular flexibility index (Phi) is 5.68. The van der Waals surface area contributed by atoms with Gasteiger partial charge < -0.3 is 21.0 Å². The van der Waals surface area contributed by atoms with Gasteiger partial charge in [0.1, 0.15) is 36.1 Å². The Hall–Kier alpha value is -3.39. The molecule has 0 spiro atoms. The monoisotopic (exact) mass is 387 g/mol. The highest BCUT2D eigenvalue weighted by Gasteiger charge is 2.10. The van der Waals surface area contributed by atoms with Crippen molar-refractivity contribution in [1.82, 2.24) is 9.97 Å². The summed E-state index contributed by atoms with van der Waals surface area (Å²) in [4.78, 5) is 7.92. The number of nitrogens with zero attached hydrogens (tertiary/aromatic N) is 3. The Morgan fingerprint density at radius 1 is 1.26 bits per heavy atom. The van der Waals surface area contributed by atoms with Crippen molar-refractivity contribution in [3.05, 3.63) is 70.8 Å². The first-order valence-electron chi connectivity index (χ1n) is 7.78. The number of benzene rings is 2. The van der Waals surface area contributed by atoms with Crippen LogP contribution in [0.15, 0.2) is 53.9 Å². The topological polar surface area (TPSA) is 106 Å². The molecule has 3 rings (SSSR count). The quantitative estimate of drug-likeness (QED) is 0.335. The van der Waals surface area contributed by atoms with Gasteiger partial charge in [0.2, 0.25) is 0 Å². The summed E-state index contributed by atoms with van der Waals surface area (Å²) in [5, 5.41) is 15.1. The maximum atomic E-state index is 13.2. The summed E-state index contributed by atoms with van der Waals surface area (Å²) in [5.74, 6) is 0.634. The zero-order valence-corrected chi connectivity index (χ0v) is 14.7. The van der Waals surface area contributed by atoms with Gasteiger partial charge in [0.25, 0.3) is 0 Å². The van der Waals surface area contributed by atoms with Gasteiger partial charge in [0.05, 0.1) is 16.8 Å². The van der Waals surface area contributed by atoms with E-state index in [0.29, 0.717) is 33.4 Å². The van der Waals surface area contributed by atoms with Crippen LogP contribution in [0, 0.1) is 5.82 Å². The van der Waals surface area contributed by atoms with E-state index in [9.17, 15) is 4.39 Å². The van der Waals surface area contributed by atoms with Gasteiger partial charge in [-0.05, 0) is 35.9 Å². The first-order chi connectivity index (χ1) is 13.1. The summed E-state index contributed by atoms with van der Waals surface area (Å²) >= 11 is 6.26. The van der Waals surface area contributed by atoms with Crippen molar-refractivity contribution in [1.29, 1.82) is 0 Å². The summed E-state index contributed by atoms with van der Waals surface area (Å²) in [6, 6.07) is 11.2. The fourth-order valence-corrected chi connectivity index (χ4v) is 2.55. The molecule has 27 heavy (non-hydrogen) atoms. The SMILES string of the molecule is Nc1ncnc(Nc2ccc(OCc3cccc(F)c3)c(Cl)c2)c1/C=N/O. The molecule has 0 fully saturated rings. The molecule has 4 N–H and O–H groups in total. The number of oxime groups is 1. The Bertz CT molecular complexity index is 984. The fraction of sp³-hybridized carbons (Fsp3) is 0.0556. The lowest BCUT2D eigenvalue weighted by atomic mass is 10.2. The lowest BCUT2D eigenvalue weighted by Crippen LogP contribution is -2.05. The van der Waals surface area contributed by atoms with Crippen LogP contribution in [0.2, 0.25) is 5.02 Å². The van der Waals surface area contributed by atoms with E-state index in [2.05, 4.69) is 20.4 Å². The normalized spacial score (nSPS) is 10.9. The zero-order valence-electron chi connectivity index (χ0n) is 13.9. The van der Waals surface area contributed by atoms with Crippen LogP contribution in [0.3, 0.4) is 0 Å². The highest BCUT2D eigenvalue weighted by Crippen LogP contribution is 2.30. The lowest BCUT2D eigenvalue weighted by molar-refractivity contribution is 0.306. The van der Waals surface area contributed by atoms with Gasteiger partial charge in [0, 0.05) is 5.69 Å². The molecule has 2 aromatic carbocycles. The third-order valence-electron chi connectivity index (χ3n) is 3.58. The molecule has 1 aromatic heterocycles. The molecule has 0 atom stereocenters. The average molecular weight is 388 g/mol. The van der Waals surface area contributed by atoms with Gasteiger partial charge in [-0.1, -0.05) is 28.9 Å². The molecule has 138 valence electrons. The fourth-order valence-electron chi connectivity index (χ4n) is 2.31. The van der Waals surface area contributed by atoms with Crippen LogP contribution in [-0.2, 0) is 6.61 Å². The molecule has 0 amide bonds. The number of nitrogens with one attached hydrogen (secondary N) is 1. The molecule has 1 heterocycles. The van der Waals surface area contributed by atoms with E-state index in [-0.39, 0.29) is 18.2 Å². The van der Waals surface area contributed by atoms with Gasteiger partial charge in [-0.2, -0.15) is 0 Å². The smallest absolute Gasteiger partial charge is 0.144 e. The molecule has 9 heteroatoms. The average Bonchev–Trinajstić information content (AvgIpc) is 2.64. The number of hydrogen-bond donors (Lipinski definition) is 3. The highest BCUT2D eigenvalue weighted by molar-refractivity contribution is 6.32. The number of aromatic nitrogens is 2. The molecule has 0 aliphatic heterocycles. The molecule has 7 nitrogen and oxygen atoms in total. The molecular formula is C18H15ClFN5O2. The maximum Gasteiger partial charge on any atom is 0.144 e. The van der Waals surface area contributed by atoms with Crippen LogP contribution >= 0.6 is 11.6 Å². The summed E-state index contributed by atoms with van der Waals surface area (Å²) in [6.45, 7) is 0.184. The van der Waals surface area contributed by atoms with Crippen LogP contribution in [-0.4, -0.2) is 21.4 Å². The summed E-state index contributed by atoms with van der Waals surface area (Å²) < 4.78 is 18.9. The third kappa shape index (κ3) is 4.62. The lowest BCUT2D eigenvalue weighted by Gasteiger charge is -2.12. The predicted octanol–water partition coefficient (Wildman–Crippen LogP) is 3.98. The van der Waals surface area contributed by atoms with Gasteiger partial charge in [-0.3, -0.25) is 0 Å². The zero-order chi connectivity index (χ0) is 19.2. The molecule has 0 aliphatic rings. The van der Waals surface area contributed by atoms with Crippen molar-refractivity contribution < 1.29 is 14.3 Å². The van der Waals surface area contributed by atoms with Crippen molar-refractivity contribution in [2.75, 3.05) is 11.1 Å². The largest absolute Gasteiger partial charge is 0.487 e. The van der Waals surface area contributed by atoms with Crippen molar-refractivity contribution >= 4 is 35.1 Å². The van der Waals surface area contributed by atoms with E-state index in [0.717, 1.165) is 6.21 Å². The molecule has 0 unspecified atom stereocenters. The molecule has 0 saturated carbocycles. The first-order valence-corrected chi connectivity index (χ1v) is 8.16. The van der Waals surface area contributed by atoms with E-state index >= 15 is 0 Å². The number of ether oxygens (including phenoxy) is 1. The van der Waals surface area contributed by atoms with Crippen LogP contribution in [0.4, 0.5) is 21.7 Å². The Morgan fingerprint density at radius 2 is 2.11 bits per heavy atom. The predicted molar refractivity (Wildman–Crippen MR) is 101 cm³/mol. The second-order valence-electron chi connectivity index (χ2n) is 5.45. The summed E-state index contributed by atoms with van der Waals surface area (Å²) in [6.07, 6.45) is 2.42. The Labute approximate surface area is 159 Å². The number of rotatable bonds is 6. The van der Waals surface area contributed by atoms with E-state index in [1.54, 1.807) is 30.3 Å². The maximum absolute atomic E-state index is 13.2. The van der Waals surface area contributed by atoms with Crippen LogP contribution in [0.1, 0.15) is 11.1 Å². The van der Waals surface area contributed by atoms with Crippen molar-refractivity contribution in [2.24, 2.45) is 5.16 Å². The van der Waals surface area contributed by atoms with Gasteiger partial charge in [-0.25, -0.2) is 14.4 Å². The molecule has 0 radical (unpaired) electrons. The van der Waals surface area contributed by atoms with E-state index in [4.69, 9.17) is 27.3 Å². The number of halogens is 2. The summed E-state index contributed by atoms with van der Waals surface area (Å²) in [5.41, 5.74) is 7.40. The van der Waals surface area contributed by atoms with Gasteiger partial charge in [-0.15, -0.1) is 0 Å². The van der Waals surface area contributed by atoms with Gasteiger partial charge >= 0.3 is 0 Å². The second-order valence-corrected chi connectivity index (χ2v) is 5.86. The van der Waals surface area contributed by atoms with Gasteiger partial charge in [0.15, 0.2) is 0 Å². The van der Waals surface area contributed by atoms with Crippen LogP contribution < -0.4 is 15.8 Å². The number of hydrogen-bond acceptors (Lipinski definition) is 7. The Balaban J connectivity index is 1.74. The Morgan fingerprint density at radius 3 is 2.85 bits per heavy atom. The number of nitrogens with two attached hydrogens (primary N) is 1. The van der Waals surface area contributed by atoms with Crippen molar-refractivity contribution in [2.45, 2.75) is 6.61 Å². The minimum absolute atomic E-state index is 0.159. The molecule has 0 aliphatic carbocycles. The van der Waals surface area contributed by atoms with E-state index in [1.165, 1.54) is 18.5 Å². The van der Waals surface area contributed by atoms with Crippen LogP contribution in [0.5, 0.6) is 5.75 Å². The van der Waals surface area contributed by atoms with E-state index in [1.807, 2.05) is 0 Å². The van der Waals surface area contributed by atoms with E-state index < -0.39 is 0 Å². The highest BCUT2D eigenvalue weighted by atomic mass is 35.5. The third-order valence-corrected chi connectivity index (χ3v) is 3.87. The van der Waals surface area contributed by atoms with Crippen molar-refractivity contribution in [3.63, 3.8) is 0 Å². The molecular weight excluding hydrogens is 373 g/mol. The minimum Gasteiger partial charge on any atom is -0.487 e. The number of nitrogen functional groups attached to an aromatic ring is 1. The summed E-state index contributed by atoms with van der Waals surface area (Å²) in [7, 11) is 0. The first kappa shape index (κ1) is 18.4. The molecule has 0 bridgehead atoms. The standard InChI is InChI=1S/C18H15ClFN5O2/c19-15-7-13(25-18-14(8-24-26)17(21)22-10-23-18)4-5-16(15)27-9-11-2-1-3-12(20)6-11/h1-8,10,26H,9H2,(H3,21,22,23,25)/b24-8+. The van der Waals surface area contributed by atoms with Crippen LogP contribution in [0.25, 0.3) is 0 Å². The van der Waals surface area contributed by atoms with Crippen molar-refractivity contribution in [3.8, 4) is 5.75 Å². The number of anilines is 3. The minimum atomic E-state index is -0.326. The molecule has 0 saturated heterocycles. The second kappa shape index (κ2) is 8.33. The molecule has 3 aromatic rings.